The third-order valence-corrected chi connectivity index (χ3v) is 4.21. The highest BCUT2D eigenvalue weighted by molar-refractivity contribution is 5.83. The van der Waals surface area contributed by atoms with Crippen molar-refractivity contribution in [2.75, 3.05) is 6.54 Å². The van der Waals surface area contributed by atoms with Crippen LogP contribution in [0.15, 0.2) is 60.7 Å². The van der Waals surface area contributed by atoms with Gasteiger partial charge < -0.3 is 5.32 Å². The predicted molar refractivity (Wildman–Crippen MR) is 91.8 cm³/mol. The molecule has 2 unspecified atom stereocenters. The number of carbonyl (C=O) groups excluding carboxylic acids is 1. The van der Waals surface area contributed by atoms with E-state index in [0.717, 1.165) is 18.4 Å². The molecule has 0 spiro atoms. The van der Waals surface area contributed by atoms with Crippen molar-refractivity contribution in [3.8, 4) is 0 Å². The van der Waals surface area contributed by atoms with Crippen LogP contribution in [0.3, 0.4) is 0 Å². The predicted octanol–water partition coefficient (Wildman–Crippen LogP) is 4.18. The second-order valence-electron chi connectivity index (χ2n) is 5.80. The summed E-state index contributed by atoms with van der Waals surface area (Å²) in [6.45, 7) is 4.97. The van der Waals surface area contributed by atoms with E-state index in [9.17, 15) is 4.79 Å². The fraction of sp³-hybridized carbons (Fsp3) is 0.350. The van der Waals surface area contributed by atoms with E-state index in [-0.39, 0.29) is 11.8 Å². The Hall–Kier alpha value is -2.09. The molecular formula is C20H25NO. The van der Waals surface area contributed by atoms with Crippen LogP contribution < -0.4 is 5.32 Å². The van der Waals surface area contributed by atoms with Gasteiger partial charge in [0.2, 0.25) is 5.91 Å². The molecule has 116 valence electrons. The van der Waals surface area contributed by atoms with Gasteiger partial charge in [0.15, 0.2) is 0 Å². The second-order valence-corrected chi connectivity index (χ2v) is 5.80. The fourth-order valence-electron chi connectivity index (χ4n) is 2.72. The van der Waals surface area contributed by atoms with E-state index in [1.165, 1.54) is 5.56 Å². The first-order valence-electron chi connectivity index (χ1n) is 8.09. The molecule has 22 heavy (non-hydrogen) atoms. The van der Waals surface area contributed by atoms with Gasteiger partial charge in [-0.05, 0) is 23.5 Å². The number of hydrogen-bond donors (Lipinski definition) is 1. The molecule has 0 radical (unpaired) electrons. The number of rotatable bonds is 7. The molecule has 0 saturated heterocycles. The quantitative estimate of drug-likeness (QED) is 0.816. The molecule has 0 fully saturated rings. The maximum atomic E-state index is 12.6. The Morgan fingerprint density at radius 2 is 1.59 bits per heavy atom. The Kier molecular flexibility index (Phi) is 6.20. The smallest absolute Gasteiger partial charge is 0.227 e. The highest BCUT2D eigenvalue weighted by Gasteiger charge is 2.25. The van der Waals surface area contributed by atoms with Gasteiger partial charge in [-0.2, -0.15) is 0 Å². The molecule has 2 nitrogen and oxygen atoms in total. The molecule has 0 bridgehead atoms. The molecule has 0 aromatic heterocycles. The fourth-order valence-corrected chi connectivity index (χ4v) is 2.72. The van der Waals surface area contributed by atoms with Crippen molar-refractivity contribution in [1.29, 1.82) is 0 Å². The molecule has 2 heteroatoms. The number of hydrogen-bond acceptors (Lipinski definition) is 1. The van der Waals surface area contributed by atoms with Crippen molar-refractivity contribution in [2.24, 2.45) is 5.92 Å². The summed E-state index contributed by atoms with van der Waals surface area (Å²) in [5.41, 5.74) is 2.36. The van der Waals surface area contributed by atoms with Gasteiger partial charge >= 0.3 is 0 Å². The monoisotopic (exact) mass is 295 g/mol. The van der Waals surface area contributed by atoms with Crippen molar-refractivity contribution in [3.63, 3.8) is 0 Å². The van der Waals surface area contributed by atoms with Gasteiger partial charge in [-0.3, -0.25) is 4.79 Å². The van der Waals surface area contributed by atoms with Crippen LogP contribution in [0.25, 0.3) is 0 Å². The summed E-state index contributed by atoms with van der Waals surface area (Å²) in [6, 6.07) is 20.4. The summed E-state index contributed by atoms with van der Waals surface area (Å²) in [4.78, 5) is 12.6. The first-order chi connectivity index (χ1) is 10.7. The first kappa shape index (κ1) is 16.3. The zero-order chi connectivity index (χ0) is 15.8. The van der Waals surface area contributed by atoms with Crippen molar-refractivity contribution in [2.45, 2.75) is 32.6 Å². The lowest BCUT2D eigenvalue weighted by molar-refractivity contribution is -0.123. The molecule has 1 amide bonds. The van der Waals surface area contributed by atoms with E-state index in [2.05, 4.69) is 31.3 Å². The lowest BCUT2D eigenvalue weighted by Crippen LogP contribution is -2.34. The van der Waals surface area contributed by atoms with E-state index < -0.39 is 0 Å². The number of amides is 1. The lowest BCUT2D eigenvalue weighted by Gasteiger charge is -2.22. The van der Waals surface area contributed by atoms with Crippen molar-refractivity contribution < 1.29 is 4.79 Å². The molecule has 0 aliphatic heterocycles. The Morgan fingerprint density at radius 1 is 1.00 bits per heavy atom. The largest absolute Gasteiger partial charge is 0.355 e. The number of nitrogens with one attached hydrogen (secondary N) is 1. The molecule has 0 saturated carbocycles. The standard InChI is InChI=1S/C20H25NO/c1-3-16(2)19(18-12-8-5-9-13-18)20(22)21-15-14-17-10-6-4-7-11-17/h4-13,16,19H,3,14-15H2,1-2H3,(H,21,22). The van der Waals surface area contributed by atoms with E-state index in [4.69, 9.17) is 0 Å². The summed E-state index contributed by atoms with van der Waals surface area (Å²) in [6.07, 6.45) is 1.86. The first-order valence-corrected chi connectivity index (χ1v) is 8.09. The Bertz CT molecular complexity index is 565. The Balaban J connectivity index is 1.97. The van der Waals surface area contributed by atoms with Crippen LogP contribution in [-0.4, -0.2) is 12.5 Å². The van der Waals surface area contributed by atoms with Gasteiger partial charge in [0.25, 0.3) is 0 Å². The normalized spacial score (nSPS) is 13.4. The highest BCUT2D eigenvalue weighted by Crippen LogP contribution is 2.27. The zero-order valence-electron chi connectivity index (χ0n) is 13.5. The number of benzene rings is 2. The van der Waals surface area contributed by atoms with E-state index in [1.54, 1.807) is 0 Å². The molecule has 2 aromatic rings. The minimum atomic E-state index is -0.0676. The third-order valence-electron chi connectivity index (χ3n) is 4.21. The Labute approximate surface area is 133 Å². The van der Waals surface area contributed by atoms with E-state index >= 15 is 0 Å². The minimum absolute atomic E-state index is 0.0676. The molecule has 2 atom stereocenters. The summed E-state index contributed by atoms with van der Waals surface area (Å²) in [5, 5.41) is 3.11. The van der Waals surface area contributed by atoms with Crippen LogP contribution in [0, 0.1) is 5.92 Å². The summed E-state index contributed by atoms with van der Waals surface area (Å²) >= 11 is 0. The molecule has 0 aliphatic carbocycles. The lowest BCUT2D eigenvalue weighted by atomic mass is 9.85. The van der Waals surface area contributed by atoms with Gasteiger partial charge in [0.05, 0.1) is 5.92 Å². The molecule has 1 N–H and O–H groups in total. The molecule has 0 heterocycles. The molecule has 0 aliphatic rings. The number of carbonyl (C=O) groups is 1. The summed E-state index contributed by atoms with van der Waals surface area (Å²) in [7, 11) is 0. The topological polar surface area (TPSA) is 29.1 Å². The average Bonchev–Trinajstić information content (AvgIpc) is 2.57. The van der Waals surface area contributed by atoms with Crippen LogP contribution in [0.4, 0.5) is 0 Å². The van der Waals surface area contributed by atoms with E-state index in [1.807, 2.05) is 48.5 Å². The Morgan fingerprint density at radius 3 is 2.18 bits per heavy atom. The maximum Gasteiger partial charge on any atom is 0.227 e. The van der Waals surface area contributed by atoms with Crippen LogP contribution >= 0.6 is 0 Å². The SMILES string of the molecule is CCC(C)C(C(=O)NCCc1ccccc1)c1ccccc1. The molecule has 2 rings (SSSR count). The van der Waals surface area contributed by atoms with Gasteiger partial charge in [0, 0.05) is 6.54 Å². The van der Waals surface area contributed by atoms with Gasteiger partial charge in [0.1, 0.15) is 0 Å². The maximum absolute atomic E-state index is 12.6. The second kappa shape index (κ2) is 8.38. The van der Waals surface area contributed by atoms with Gasteiger partial charge in [-0.1, -0.05) is 80.9 Å². The van der Waals surface area contributed by atoms with Gasteiger partial charge in [-0.15, -0.1) is 0 Å². The van der Waals surface area contributed by atoms with Crippen LogP contribution in [0.2, 0.25) is 0 Å². The van der Waals surface area contributed by atoms with Crippen LogP contribution in [0.1, 0.15) is 37.3 Å². The van der Waals surface area contributed by atoms with Crippen LogP contribution in [0.5, 0.6) is 0 Å². The third kappa shape index (κ3) is 4.45. The molecule has 2 aromatic carbocycles. The highest BCUT2D eigenvalue weighted by atomic mass is 16.1. The average molecular weight is 295 g/mol. The zero-order valence-corrected chi connectivity index (χ0v) is 13.5. The minimum Gasteiger partial charge on any atom is -0.355 e. The summed E-state index contributed by atoms with van der Waals surface area (Å²) in [5.74, 6) is 0.401. The summed E-state index contributed by atoms with van der Waals surface area (Å²) < 4.78 is 0. The van der Waals surface area contributed by atoms with Crippen molar-refractivity contribution in [3.05, 3.63) is 71.8 Å². The molecular weight excluding hydrogens is 270 g/mol. The van der Waals surface area contributed by atoms with Gasteiger partial charge in [-0.25, -0.2) is 0 Å². The van der Waals surface area contributed by atoms with Crippen molar-refractivity contribution in [1.82, 2.24) is 5.32 Å². The van der Waals surface area contributed by atoms with Crippen LogP contribution in [-0.2, 0) is 11.2 Å². The van der Waals surface area contributed by atoms with E-state index in [0.29, 0.717) is 12.5 Å². The van der Waals surface area contributed by atoms with Crippen molar-refractivity contribution >= 4 is 5.91 Å².